The van der Waals surface area contributed by atoms with Crippen LogP contribution in [0.1, 0.15) is 245 Å². The number of ether oxygens (including phenoxy) is 3. The normalized spacial score (nSPS) is 13.2. The third kappa shape index (κ3) is 58.2. The number of carbonyl (C=O) groups excluding carboxylic acids is 3. The number of esters is 3. The van der Waals surface area contributed by atoms with Crippen LogP contribution < -0.4 is 0 Å². The van der Waals surface area contributed by atoms with E-state index in [9.17, 15) is 14.4 Å². The molecule has 0 saturated heterocycles. The van der Waals surface area contributed by atoms with Crippen molar-refractivity contribution in [3.63, 3.8) is 0 Å². The number of hydrogen-bond donors (Lipinski definition) is 0. The van der Waals surface area contributed by atoms with Crippen molar-refractivity contribution in [3.8, 4) is 0 Å². The van der Waals surface area contributed by atoms with Crippen molar-refractivity contribution in [2.24, 2.45) is 0 Å². The number of rotatable bonds is 52. The molecular formula is C68H108O6. The van der Waals surface area contributed by atoms with Crippen LogP contribution in [-0.2, 0) is 28.6 Å². The second-order valence-electron chi connectivity index (χ2n) is 19.1. The molecule has 0 aliphatic heterocycles. The molecule has 0 aromatic heterocycles. The molecule has 6 nitrogen and oxygen atoms in total. The molecule has 0 saturated carbocycles. The highest BCUT2D eigenvalue weighted by Gasteiger charge is 2.19. The van der Waals surface area contributed by atoms with Crippen molar-refractivity contribution in [3.05, 3.63) is 146 Å². The minimum absolute atomic E-state index is 0.106. The van der Waals surface area contributed by atoms with E-state index in [1.807, 2.05) is 0 Å². The lowest BCUT2D eigenvalue weighted by molar-refractivity contribution is -0.167. The molecular weight excluding hydrogens is 913 g/mol. The van der Waals surface area contributed by atoms with Crippen LogP contribution in [0.25, 0.3) is 0 Å². The fourth-order valence-electron chi connectivity index (χ4n) is 7.64. The summed E-state index contributed by atoms with van der Waals surface area (Å²) >= 11 is 0. The Kier molecular flexibility index (Phi) is 57.0. The molecule has 0 radical (unpaired) electrons. The summed E-state index contributed by atoms with van der Waals surface area (Å²) in [5, 5.41) is 0. The zero-order chi connectivity index (χ0) is 53.6. The predicted octanol–water partition coefficient (Wildman–Crippen LogP) is 20.4. The summed E-state index contributed by atoms with van der Waals surface area (Å²) < 4.78 is 16.8. The maximum atomic E-state index is 12.9. The molecule has 0 heterocycles. The molecule has 0 fully saturated rings. The van der Waals surface area contributed by atoms with E-state index in [0.717, 1.165) is 148 Å². The highest BCUT2D eigenvalue weighted by molar-refractivity contribution is 5.71. The Morgan fingerprint density at radius 1 is 0.284 bits per heavy atom. The van der Waals surface area contributed by atoms with Crippen molar-refractivity contribution in [2.75, 3.05) is 13.2 Å². The predicted molar refractivity (Wildman–Crippen MR) is 320 cm³/mol. The summed E-state index contributed by atoms with van der Waals surface area (Å²) in [6, 6.07) is 0. The molecule has 0 aromatic carbocycles. The summed E-state index contributed by atoms with van der Waals surface area (Å²) in [5.74, 6) is -0.975. The third-order valence-electron chi connectivity index (χ3n) is 12.1. The van der Waals surface area contributed by atoms with Gasteiger partial charge in [0, 0.05) is 19.3 Å². The van der Waals surface area contributed by atoms with Gasteiger partial charge in [0.05, 0.1) is 0 Å². The van der Waals surface area contributed by atoms with Crippen LogP contribution in [-0.4, -0.2) is 37.2 Å². The second-order valence-corrected chi connectivity index (χ2v) is 19.1. The van der Waals surface area contributed by atoms with Crippen LogP contribution in [0.15, 0.2) is 146 Å². The van der Waals surface area contributed by atoms with E-state index in [1.165, 1.54) is 51.4 Å². The van der Waals surface area contributed by atoms with Crippen molar-refractivity contribution >= 4 is 17.9 Å². The van der Waals surface area contributed by atoms with Gasteiger partial charge in [-0.05, 0) is 141 Å². The minimum Gasteiger partial charge on any atom is -0.462 e. The van der Waals surface area contributed by atoms with Crippen LogP contribution in [0.3, 0.4) is 0 Å². The molecule has 416 valence electrons. The standard InChI is InChI=1S/C68H108O6/c1-4-7-10-13-16-19-22-25-27-29-30-31-32-33-34-35-36-37-38-40-41-43-46-49-52-55-58-61-67(70)73-64-65(63-72-66(69)60-57-54-51-48-45-24-21-18-15-12-9-6-3)74-68(71)62-59-56-53-50-47-44-42-39-28-26-23-20-17-14-11-8-5-2/h7-8,10-11,16-21,25-28,30-31,33-34,36-37,40-41,46,49,65H,4-6,9,12-15,22-24,29,32,35,38-39,42-45,47-48,50-64H2,1-3H3/b10-7-,11-8-,19-16-,20-17-,21-18-,27-25-,28-26-,31-30-,34-33-,37-36-,41-40-,49-46-. The van der Waals surface area contributed by atoms with E-state index in [4.69, 9.17) is 14.2 Å². The summed E-state index contributed by atoms with van der Waals surface area (Å²) in [6.45, 7) is 6.33. The van der Waals surface area contributed by atoms with E-state index in [-0.39, 0.29) is 31.1 Å². The summed E-state index contributed by atoms with van der Waals surface area (Å²) in [7, 11) is 0. The van der Waals surface area contributed by atoms with E-state index < -0.39 is 6.10 Å². The Labute approximate surface area is 455 Å². The molecule has 1 unspecified atom stereocenters. The Morgan fingerprint density at radius 2 is 0.527 bits per heavy atom. The molecule has 0 N–H and O–H groups in total. The highest BCUT2D eigenvalue weighted by Crippen LogP contribution is 2.13. The number of hydrogen-bond acceptors (Lipinski definition) is 6. The zero-order valence-electron chi connectivity index (χ0n) is 47.5. The molecule has 0 amide bonds. The first kappa shape index (κ1) is 69.3. The van der Waals surface area contributed by atoms with Crippen LogP contribution in [0.4, 0.5) is 0 Å². The molecule has 6 heteroatoms. The topological polar surface area (TPSA) is 78.9 Å². The van der Waals surface area contributed by atoms with Crippen LogP contribution in [0, 0.1) is 0 Å². The Balaban J connectivity index is 4.45. The first-order valence-corrected chi connectivity index (χ1v) is 29.8. The molecule has 1 atom stereocenters. The van der Waals surface area contributed by atoms with Crippen LogP contribution in [0.5, 0.6) is 0 Å². The average molecular weight is 1020 g/mol. The SMILES string of the molecule is CC/C=C\C/C=C\C/C=C\C/C=C\C/C=C\C/C=C\C/C=C\C/C=C\CCCCC(=O)OCC(COC(=O)CCCCCCC/C=C\CCCCC)OC(=O)CCCCCCCCC/C=C\C/C=C\C/C=C\CC. The molecule has 0 rings (SSSR count). The molecule has 0 spiro atoms. The van der Waals surface area contributed by atoms with Gasteiger partial charge in [0.2, 0.25) is 0 Å². The highest BCUT2D eigenvalue weighted by atomic mass is 16.6. The molecule has 74 heavy (non-hydrogen) atoms. The molecule has 0 aliphatic rings. The zero-order valence-corrected chi connectivity index (χ0v) is 47.5. The molecule has 0 aliphatic carbocycles. The number of carbonyl (C=O) groups is 3. The maximum Gasteiger partial charge on any atom is 0.306 e. The van der Waals surface area contributed by atoms with Gasteiger partial charge < -0.3 is 14.2 Å². The van der Waals surface area contributed by atoms with Gasteiger partial charge in [-0.2, -0.15) is 0 Å². The van der Waals surface area contributed by atoms with E-state index in [1.54, 1.807) is 0 Å². The fraction of sp³-hybridized carbons (Fsp3) is 0.603. The first-order valence-electron chi connectivity index (χ1n) is 29.8. The Morgan fingerprint density at radius 3 is 0.865 bits per heavy atom. The molecule has 0 aromatic rings. The lowest BCUT2D eigenvalue weighted by atomic mass is 10.1. The quantitative estimate of drug-likeness (QED) is 0.0261. The van der Waals surface area contributed by atoms with E-state index in [2.05, 4.69) is 167 Å². The monoisotopic (exact) mass is 1020 g/mol. The first-order chi connectivity index (χ1) is 36.5. The van der Waals surface area contributed by atoms with Gasteiger partial charge in [-0.3, -0.25) is 14.4 Å². The van der Waals surface area contributed by atoms with Crippen LogP contribution in [0.2, 0.25) is 0 Å². The lowest BCUT2D eigenvalue weighted by Gasteiger charge is -2.18. The van der Waals surface area contributed by atoms with Crippen molar-refractivity contribution < 1.29 is 28.6 Å². The van der Waals surface area contributed by atoms with Gasteiger partial charge in [0.15, 0.2) is 6.10 Å². The largest absolute Gasteiger partial charge is 0.462 e. The van der Waals surface area contributed by atoms with Crippen LogP contribution >= 0.6 is 0 Å². The van der Waals surface area contributed by atoms with Crippen molar-refractivity contribution in [1.82, 2.24) is 0 Å². The van der Waals surface area contributed by atoms with Gasteiger partial charge in [-0.1, -0.05) is 231 Å². The van der Waals surface area contributed by atoms with E-state index >= 15 is 0 Å². The Bertz CT molecular complexity index is 1640. The summed E-state index contributed by atoms with van der Waals surface area (Å²) in [5.41, 5.74) is 0. The smallest absolute Gasteiger partial charge is 0.306 e. The second kappa shape index (κ2) is 60.8. The van der Waals surface area contributed by atoms with Crippen molar-refractivity contribution in [2.45, 2.75) is 252 Å². The minimum atomic E-state index is -0.811. The number of allylic oxidation sites excluding steroid dienone is 24. The summed E-state index contributed by atoms with van der Waals surface area (Å²) in [6.07, 6.45) is 87.0. The lowest BCUT2D eigenvalue weighted by Crippen LogP contribution is -2.30. The summed E-state index contributed by atoms with van der Waals surface area (Å²) in [4.78, 5) is 38.2. The van der Waals surface area contributed by atoms with Gasteiger partial charge >= 0.3 is 17.9 Å². The third-order valence-corrected chi connectivity index (χ3v) is 12.1. The maximum absolute atomic E-state index is 12.9. The average Bonchev–Trinajstić information content (AvgIpc) is 3.40. The van der Waals surface area contributed by atoms with Gasteiger partial charge in [-0.25, -0.2) is 0 Å². The molecule has 0 bridgehead atoms. The fourth-order valence-corrected chi connectivity index (χ4v) is 7.64. The van der Waals surface area contributed by atoms with Gasteiger partial charge in [0.1, 0.15) is 13.2 Å². The van der Waals surface area contributed by atoms with Crippen molar-refractivity contribution in [1.29, 1.82) is 0 Å². The van der Waals surface area contributed by atoms with Gasteiger partial charge in [0.25, 0.3) is 0 Å². The number of unbranched alkanes of at least 4 members (excludes halogenated alkanes) is 17. The Hall–Kier alpha value is -4.71. The van der Waals surface area contributed by atoms with Gasteiger partial charge in [-0.15, -0.1) is 0 Å². The van der Waals surface area contributed by atoms with E-state index in [0.29, 0.717) is 25.7 Å².